The summed E-state index contributed by atoms with van der Waals surface area (Å²) in [6.45, 7) is 0. The van der Waals surface area contributed by atoms with Gasteiger partial charge in [-0.05, 0) is 18.2 Å². The van der Waals surface area contributed by atoms with Crippen LogP contribution in [0.2, 0.25) is 0 Å². The topological polar surface area (TPSA) is 67.6 Å². The summed E-state index contributed by atoms with van der Waals surface area (Å²) in [5, 5.41) is 7.43. The molecule has 1 aromatic carbocycles. The monoisotopic (exact) mass is 278 g/mol. The van der Waals surface area contributed by atoms with E-state index in [1.807, 2.05) is 0 Å². The molecule has 0 saturated heterocycles. The summed E-state index contributed by atoms with van der Waals surface area (Å²) in [4.78, 5) is 4.04. The summed E-state index contributed by atoms with van der Waals surface area (Å²) in [5.41, 5.74) is 7.08. The third-order valence-corrected chi connectivity index (χ3v) is 2.93. The molecule has 4 nitrogen and oxygen atoms in total. The molecule has 2 heterocycles. The number of hydrogen-bond acceptors (Lipinski definition) is 3. The second-order valence-electron chi connectivity index (χ2n) is 4.31. The minimum atomic E-state index is -4.35. The fourth-order valence-electron chi connectivity index (χ4n) is 1.96. The zero-order chi connectivity index (χ0) is 14.3. The van der Waals surface area contributed by atoms with Gasteiger partial charge in [0.25, 0.3) is 0 Å². The van der Waals surface area contributed by atoms with E-state index >= 15 is 0 Å². The van der Waals surface area contributed by atoms with Gasteiger partial charge in [-0.3, -0.25) is 5.10 Å². The number of halogens is 3. The number of nitrogens with zero attached hydrogens (tertiary/aromatic N) is 2. The molecule has 0 aliphatic heterocycles. The Hall–Kier alpha value is -2.57. The molecule has 7 heteroatoms. The molecular weight excluding hydrogens is 269 g/mol. The Morgan fingerprint density at radius 2 is 1.80 bits per heavy atom. The van der Waals surface area contributed by atoms with Crippen molar-refractivity contribution in [3.63, 3.8) is 0 Å². The summed E-state index contributed by atoms with van der Waals surface area (Å²) >= 11 is 0. The minimum Gasteiger partial charge on any atom is -0.397 e. The number of nitrogens with one attached hydrogen (secondary N) is 1. The molecular formula is C13H9F3N4. The molecule has 0 amide bonds. The molecule has 0 aliphatic carbocycles. The van der Waals surface area contributed by atoms with Gasteiger partial charge in [0, 0.05) is 10.9 Å². The fraction of sp³-hybridized carbons (Fsp3) is 0.0769. The van der Waals surface area contributed by atoms with Crippen molar-refractivity contribution >= 4 is 16.7 Å². The van der Waals surface area contributed by atoms with Gasteiger partial charge in [0.05, 0.1) is 23.1 Å². The maximum atomic E-state index is 12.5. The van der Waals surface area contributed by atoms with Gasteiger partial charge in [0.2, 0.25) is 0 Å². The first kappa shape index (κ1) is 12.5. The Morgan fingerprint density at radius 3 is 2.45 bits per heavy atom. The Labute approximate surface area is 111 Å². The highest BCUT2D eigenvalue weighted by atomic mass is 19.4. The molecule has 0 spiro atoms. The molecule has 0 unspecified atom stereocenters. The molecule has 20 heavy (non-hydrogen) atoms. The maximum Gasteiger partial charge on any atom is 0.416 e. The Balaban J connectivity index is 2.09. The predicted molar refractivity (Wildman–Crippen MR) is 68.7 cm³/mol. The van der Waals surface area contributed by atoms with Crippen molar-refractivity contribution in [1.29, 1.82) is 0 Å². The van der Waals surface area contributed by atoms with Gasteiger partial charge in [-0.2, -0.15) is 18.3 Å². The van der Waals surface area contributed by atoms with Crippen molar-refractivity contribution in [2.75, 3.05) is 5.73 Å². The van der Waals surface area contributed by atoms with E-state index in [-0.39, 0.29) is 0 Å². The van der Waals surface area contributed by atoms with E-state index in [1.165, 1.54) is 18.3 Å². The van der Waals surface area contributed by atoms with Crippen LogP contribution in [0.1, 0.15) is 5.56 Å². The van der Waals surface area contributed by atoms with Gasteiger partial charge in [-0.25, -0.2) is 4.98 Å². The number of H-pyrrole nitrogens is 1. The first-order valence-corrected chi connectivity index (χ1v) is 5.72. The van der Waals surface area contributed by atoms with Crippen molar-refractivity contribution in [3.8, 4) is 11.3 Å². The third-order valence-electron chi connectivity index (χ3n) is 2.93. The average molecular weight is 278 g/mol. The second-order valence-corrected chi connectivity index (χ2v) is 4.31. The fourth-order valence-corrected chi connectivity index (χ4v) is 1.96. The predicted octanol–water partition coefficient (Wildman–Crippen LogP) is 3.23. The Kier molecular flexibility index (Phi) is 2.63. The normalized spacial score (nSPS) is 11.9. The summed E-state index contributed by atoms with van der Waals surface area (Å²) in [6, 6.07) is 6.51. The van der Waals surface area contributed by atoms with Gasteiger partial charge in [0.15, 0.2) is 5.65 Å². The van der Waals surface area contributed by atoms with Crippen LogP contribution in [0.15, 0.2) is 36.5 Å². The van der Waals surface area contributed by atoms with E-state index < -0.39 is 11.7 Å². The minimum absolute atomic E-state index is 0.465. The van der Waals surface area contributed by atoms with Crippen molar-refractivity contribution in [3.05, 3.63) is 42.1 Å². The summed E-state index contributed by atoms with van der Waals surface area (Å²) in [5.74, 6) is 0. The van der Waals surface area contributed by atoms with Crippen molar-refractivity contribution in [2.24, 2.45) is 0 Å². The standard InChI is InChI=1S/C13H9F3N4/c14-13(15,16)8-3-1-7(2-4-8)11-10-5-9(17)6-18-12(10)20-19-11/h1-6H,17H2,(H,18,19,20). The number of anilines is 1. The lowest BCUT2D eigenvalue weighted by Crippen LogP contribution is -2.04. The number of benzene rings is 1. The molecule has 3 N–H and O–H groups in total. The van der Waals surface area contributed by atoms with Crippen LogP contribution in [0.25, 0.3) is 22.3 Å². The van der Waals surface area contributed by atoms with Crippen LogP contribution in [0, 0.1) is 0 Å². The number of fused-ring (bicyclic) bond motifs is 1. The SMILES string of the molecule is Nc1cnc2n[nH]c(-c3ccc(C(F)(F)F)cc3)c2c1. The van der Waals surface area contributed by atoms with E-state index in [2.05, 4.69) is 15.2 Å². The summed E-state index contributed by atoms with van der Waals surface area (Å²) in [6.07, 6.45) is -2.87. The van der Waals surface area contributed by atoms with Gasteiger partial charge >= 0.3 is 6.18 Å². The zero-order valence-corrected chi connectivity index (χ0v) is 10.1. The second kappa shape index (κ2) is 4.22. The first-order chi connectivity index (χ1) is 9.45. The lowest BCUT2D eigenvalue weighted by Gasteiger charge is -2.07. The molecule has 0 atom stereocenters. The molecule has 0 fully saturated rings. The molecule has 3 aromatic rings. The number of rotatable bonds is 1. The number of alkyl halides is 3. The number of aromatic amines is 1. The van der Waals surface area contributed by atoms with E-state index in [0.29, 0.717) is 28.0 Å². The van der Waals surface area contributed by atoms with Gasteiger partial charge in [0.1, 0.15) is 0 Å². The Morgan fingerprint density at radius 1 is 1.10 bits per heavy atom. The number of hydrogen-bond donors (Lipinski definition) is 2. The highest BCUT2D eigenvalue weighted by Crippen LogP contribution is 2.32. The van der Waals surface area contributed by atoms with Crippen LogP contribution in [0.3, 0.4) is 0 Å². The van der Waals surface area contributed by atoms with E-state index in [0.717, 1.165) is 12.1 Å². The van der Waals surface area contributed by atoms with Crippen LogP contribution in [0.5, 0.6) is 0 Å². The number of pyridine rings is 1. The molecule has 0 radical (unpaired) electrons. The van der Waals surface area contributed by atoms with E-state index in [9.17, 15) is 13.2 Å². The molecule has 0 saturated carbocycles. The molecule has 3 rings (SSSR count). The molecule has 0 aliphatic rings. The number of aromatic nitrogens is 3. The van der Waals surface area contributed by atoms with Gasteiger partial charge < -0.3 is 5.73 Å². The first-order valence-electron chi connectivity index (χ1n) is 5.72. The van der Waals surface area contributed by atoms with Crippen molar-refractivity contribution in [1.82, 2.24) is 15.2 Å². The Bertz CT molecular complexity index is 759. The van der Waals surface area contributed by atoms with Crippen LogP contribution in [-0.2, 0) is 6.18 Å². The largest absolute Gasteiger partial charge is 0.416 e. The molecule has 102 valence electrons. The summed E-state index contributed by atoms with van der Waals surface area (Å²) in [7, 11) is 0. The average Bonchev–Trinajstić information content (AvgIpc) is 2.81. The van der Waals surface area contributed by atoms with Crippen molar-refractivity contribution < 1.29 is 13.2 Å². The van der Waals surface area contributed by atoms with Crippen LogP contribution in [0.4, 0.5) is 18.9 Å². The summed E-state index contributed by atoms with van der Waals surface area (Å²) < 4.78 is 37.6. The highest BCUT2D eigenvalue weighted by molar-refractivity contribution is 5.92. The quantitative estimate of drug-likeness (QED) is 0.718. The lowest BCUT2D eigenvalue weighted by atomic mass is 10.1. The smallest absolute Gasteiger partial charge is 0.397 e. The maximum absolute atomic E-state index is 12.5. The van der Waals surface area contributed by atoms with Gasteiger partial charge in [-0.1, -0.05) is 12.1 Å². The number of nitrogens with two attached hydrogens (primary N) is 1. The van der Waals surface area contributed by atoms with E-state index in [1.54, 1.807) is 6.07 Å². The lowest BCUT2D eigenvalue weighted by molar-refractivity contribution is -0.137. The molecule has 0 bridgehead atoms. The number of nitrogen functional groups attached to an aromatic ring is 1. The van der Waals surface area contributed by atoms with E-state index in [4.69, 9.17) is 5.73 Å². The van der Waals surface area contributed by atoms with Crippen LogP contribution >= 0.6 is 0 Å². The van der Waals surface area contributed by atoms with Crippen molar-refractivity contribution in [2.45, 2.75) is 6.18 Å². The van der Waals surface area contributed by atoms with Crippen LogP contribution in [-0.4, -0.2) is 15.2 Å². The third kappa shape index (κ3) is 2.07. The van der Waals surface area contributed by atoms with Gasteiger partial charge in [-0.15, -0.1) is 0 Å². The molecule has 2 aromatic heterocycles. The van der Waals surface area contributed by atoms with Crippen LogP contribution < -0.4 is 5.73 Å². The zero-order valence-electron chi connectivity index (χ0n) is 10.1. The highest BCUT2D eigenvalue weighted by Gasteiger charge is 2.30.